The van der Waals surface area contributed by atoms with Crippen LogP contribution in [0.3, 0.4) is 0 Å². The number of nitrogens with one attached hydrogen (secondary N) is 3. The van der Waals surface area contributed by atoms with E-state index in [1.165, 1.54) is 24.3 Å². The maximum atomic E-state index is 12.9. The van der Waals surface area contributed by atoms with Crippen molar-refractivity contribution in [3.63, 3.8) is 0 Å². The molecule has 1 amide bonds. The average molecular weight is 719 g/mol. The molecule has 0 spiro atoms. The number of hydrogen-bond acceptors (Lipinski definition) is 7. The van der Waals surface area contributed by atoms with E-state index in [0.29, 0.717) is 70.9 Å². The number of ether oxygens (including phenoxy) is 2. The molecule has 0 radical (unpaired) electrons. The highest BCUT2D eigenvalue weighted by molar-refractivity contribution is 5.96. The number of hydrogen-bond donors (Lipinski definition) is 3. The van der Waals surface area contributed by atoms with Crippen molar-refractivity contribution in [2.45, 2.75) is 44.8 Å². The molecule has 2 fully saturated rings. The van der Waals surface area contributed by atoms with Crippen LogP contribution in [0.15, 0.2) is 72.9 Å². The average Bonchev–Trinajstić information content (AvgIpc) is 3.45. The van der Waals surface area contributed by atoms with Crippen molar-refractivity contribution in [1.82, 2.24) is 30.3 Å². The lowest BCUT2D eigenvalue weighted by Gasteiger charge is -2.35. The van der Waals surface area contributed by atoms with E-state index >= 15 is 0 Å². The molecule has 274 valence electrons. The van der Waals surface area contributed by atoms with Crippen LogP contribution in [-0.4, -0.2) is 91.4 Å². The molecule has 15 heteroatoms. The Morgan fingerprint density at radius 3 is 2.24 bits per heavy atom. The fourth-order valence-corrected chi connectivity index (χ4v) is 6.58. The van der Waals surface area contributed by atoms with E-state index in [2.05, 4.69) is 51.9 Å². The molecule has 3 heterocycles. The first-order valence-electron chi connectivity index (χ1n) is 16.9. The van der Waals surface area contributed by atoms with E-state index < -0.39 is 12.7 Å². The number of amides is 1. The number of rotatable bonds is 12. The number of para-hydroxylation sites is 1. The molecule has 1 unspecified atom stereocenters. The molecule has 1 atom stereocenters. The van der Waals surface area contributed by atoms with Crippen molar-refractivity contribution < 1.29 is 40.6 Å². The van der Waals surface area contributed by atoms with Gasteiger partial charge in [-0.15, -0.1) is 26.3 Å². The maximum Gasteiger partial charge on any atom is 0.573 e. The van der Waals surface area contributed by atoms with Gasteiger partial charge in [0, 0.05) is 100 Å². The normalized spacial score (nSPS) is 17.8. The van der Waals surface area contributed by atoms with Gasteiger partial charge >= 0.3 is 12.7 Å². The fourth-order valence-electron chi connectivity index (χ4n) is 6.58. The maximum absolute atomic E-state index is 12.9. The number of nitrogens with zero attached hydrogens (tertiary/aromatic N) is 3. The van der Waals surface area contributed by atoms with Gasteiger partial charge in [0.1, 0.15) is 11.5 Å². The molecule has 2 aliphatic rings. The Kier molecular flexibility index (Phi) is 11.4. The first-order chi connectivity index (χ1) is 24.4. The molecule has 3 N–H and O–H groups in total. The molecule has 4 aromatic rings. The zero-order valence-electron chi connectivity index (χ0n) is 27.8. The summed E-state index contributed by atoms with van der Waals surface area (Å²) in [7, 11) is 0. The monoisotopic (exact) mass is 718 g/mol. The van der Waals surface area contributed by atoms with Crippen molar-refractivity contribution in [2.75, 3.05) is 52.4 Å². The minimum Gasteiger partial charge on any atom is -0.406 e. The standard InChI is InChI=1S/C36H40F6N6O3/c37-35(38,39)50-28-9-7-26(8-10-28)30-24-48(15-3-12-45-34(49)31-21-43-13-14-44-31)32-11-6-25(20-29(30)32)22-46-16-18-47(19-17-46)23-27-4-1-2-5-33(27)51-36(40,41)42/h1-2,4-11,20,24,31,43-44H,3,12-19,21-23H2,(H,45,49). The molecule has 2 saturated heterocycles. The second kappa shape index (κ2) is 15.9. The number of carbonyl (C=O) groups is 1. The van der Waals surface area contributed by atoms with Crippen molar-refractivity contribution in [2.24, 2.45) is 0 Å². The summed E-state index contributed by atoms with van der Waals surface area (Å²) >= 11 is 0. The third-order valence-electron chi connectivity index (χ3n) is 9.04. The van der Waals surface area contributed by atoms with Crippen LogP contribution in [0, 0.1) is 0 Å². The number of piperazine rings is 2. The van der Waals surface area contributed by atoms with Crippen LogP contribution in [0.4, 0.5) is 26.3 Å². The highest BCUT2D eigenvalue weighted by Crippen LogP contribution is 2.34. The molecule has 0 bridgehead atoms. The summed E-state index contributed by atoms with van der Waals surface area (Å²) in [5, 5.41) is 10.3. The van der Waals surface area contributed by atoms with Gasteiger partial charge in [0.25, 0.3) is 0 Å². The molecule has 6 rings (SSSR count). The Morgan fingerprint density at radius 2 is 1.55 bits per heavy atom. The topological polar surface area (TPSA) is 83.0 Å². The van der Waals surface area contributed by atoms with Gasteiger partial charge < -0.3 is 30.0 Å². The van der Waals surface area contributed by atoms with Gasteiger partial charge in [0.05, 0.1) is 6.04 Å². The number of carbonyl (C=O) groups excluding carboxylic acids is 1. The van der Waals surface area contributed by atoms with Gasteiger partial charge in [-0.2, -0.15) is 0 Å². The SMILES string of the molecule is O=C(NCCCn1cc(-c2ccc(OC(F)(F)F)cc2)c2cc(CN3CCN(Cc4ccccc4OC(F)(F)F)CC3)ccc21)C1CNCCN1. The molecule has 0 aliphatic carbocycles. The number of benzene rings is 3. The number of alkyl halides is 6. The van der Waals surface area contributed by atoms with Crippen LogP contribution in [0.25, 0.3) is 22.0 Å². The first kappa shape index (κ1) is 36.5. The molecule has 3 aromatic carbocycles. The van der Waals surface area contributed by atoms with E-state index in [4.69, 9.17) is 0 Å². The summed E-state index contributed by atoms with van der Waals surface area (Å²) in [6, 6.07) is 17.9. The Labute approximate surface area is 291 Å². The predicted molar refractivity (Wildman–Crippen MR) is 180 cm³/mol. The molecular formula is C36H40F6N6O3. The van der Waals surface area contributed by atoms with Gasteiger partial charge in [-0.25, -0.2) is 0 Å². The van der Waals surface area contributed by atoms with Gasteiger partial charge in [0.2, 0.25) is 5.91 Å². The van der Waals surface area contributed by atoms with Crippen LogP contribution in [0.1, 0.15) is 17.5 Å². The molecule has 1 aromatic heterocycles. The fraction of sp³-hybridized carbons (Fsp3) is 0.417. The third-order valence-corrected chi connectivity index (χ3v) is 9.04. The molecule has 51 heavy (non-hydrogen) atoms. The Hall–Kier alpha value is -4.31. The second-order valence-corrected chi connectivity index (χ2v) is 12.7. The van der Waals surface area contributed by atoms with Gasteiger partial charge in [-0.1, -0.05) is 36.4 Å². The Balaban J connectivity index is 1.13. The lowest BCUT2D eigenvalue weighted by atomic mass is 10.0. The van der Waals surface area contributed by atoms with E-state index in [9.17, 15) is 31.1 Å². The van der Waals surface area contributed by atoms with Crippen LogP contribution < -0.4 is 25.4 Å². The number of aromatic nitrogens is 1. The summed E-state index contributed by atoms with van der Waals surface area (Å²) in [6.45, 7) is 6.99. The van der Waals surface area contributed by atoms with E-state index in [0.717, 1.165) is 40.7 Å². The first-order valence-corrected chi connectivity index (χ1v) is 16.9. The minimum atomic E-state index is -4.79. The molecular weight excluding hydrogens is 678 g/mol. The quantitative estimate of drug-likeness (QED) is 0.132. The van der Waals surface area contributed by atoms with Crippen molar-refractivity contribution in [1.29, 1.82) is 0 Å². The van der Waals surface area contributed by atoms with Crippen molar-refractivity contribution in [3.8, 4) is 22.6 Å². The summed E-state index contributed by atoms with van der Waals surface area (Å²) < 4.78 is 87.5. The summed E-state index contributed by atoms with van der Waals surface area (Å²) in [5.74, 6) is -0.540. The predicted octanol–water partition coefficient (Wildman–Crippen LogP) is 5.49. The number of halogens is 6. The smallest absolute Gasteiger partial charge is 0.406 e. The summed E-state index contributed by atoms with van der Waals surface area (Å²) in [6.07, 6.45) is -6.89. The zero-order chi connectivity index (χ0) is 36.0. The van der Waals surface area contributed by atoms with E-state index in [1.807, 2.05) is 12.3 Å². The number of fused-ring (bicyclic) bond motifs is 1. The highest BCUT2D eigenvalue weighted by atomic mass is 19.4. The second-order valence-electron chi connectivity index (χ2n) is 12.7. The summed E-state index contributed by atoms with van der Waals surface area (Å²) in [4.78, 5) is 16.9. The molecule has 2 aliphatic heterocycles. The highest BCUT2D eigenvalue weighted by Gasteiger charge is 2.33. The van der Waals surface area contributed by atoms with Crippen molar-refractivity contribution in [3.05, 3.63) is 84.1 Å². The Bertz CT molecular complexity index is 1760. The minimum absolute atomic E-state index is 0.0489. The van der Waals surface area contributed by atoms with E-state index in [-0.39, 0.29) is 23.4 Å². The van der Waals surface area contributed by atoms with Crippen LogP contribution >= 0.6 is 0 Å². The largest absolute Gasteiger partial charge is 0.573 e. The lowest BCUT2D eigenvalue weighted by Crippen LogP contribution is -2.55. The van der Waals surface area contributed by atoms with Crippen LogP contribution in [0.2, 0.25) is 0 Å². The van der Waals surface area contributed by atoms with Gasteiger partial charge in [-0.05, 0) is 47.9 Å². The van der Waals surface area contributed by atoms with Gasteiger partial charge in [-0.3, -0.25) is 14.6 Å². The third kappa shape index (κ3) is 10.2. The number of aryl methyl sites for hydroxylation is 1. The van der Waals surface area contributed by atoms with Gasteiger partial charge in [0.15, 0.2) is 0 Å². The Morgan fingerprint density at radius 1 is 0.843 bits per heavy atom. The molecule has 9 nitrogen and oxygen atoms in total. The zero-order valence-corrected chi connectivity index (χ0v) is 27.8. The van der Waals surface area contributed by atoms with Crippen LogP contribution in [-0.2, 0) is 24.4 Å². The van der Waals surface area contributed by atoms with Crippen LogP contribution in [0.5, 0.6) is 11.5 Å². The molecule has 0 saturated carbocycles. The van der Waals surface area contributed by atoms with E-state index in [1.54, 1.807) is 24.3 Å². The summed E-state index contributed by atoms with van der Waals surface area (Å²) in [5.41, 5.74) is 4.08. The van der Waals surface area contributed by atoms with Crippen molar-refractivity contribution >= 4 is 16.8 Å². The lowest BCUT2D eigenvalue weighted by molar-refractivity contribution is -0.275.